The molecule has 5 nitrogen and oxygen atoms in total. The van der Waals surface area contributed by atoms with Gasteiger partial charge in [0.05, 0.1) is 28.4 Å². The Morgan fingerprint density at radius 1 is 1.10 bits per heavy atom. The number of nitrogens with zero attached hydrogens (tertiary/aromatic N) is 3. The molecule has 1 aliphatic heterocycles. The molecule has 2 aromatic carbocycles. The fraction of sp³-hybridized carbons (Fsp3) is 0.143. The van der Waals surface area contributed by atoms with Gasteiger partial charge in [0.1, 0.15) is 11.6 Å². The van der Waals surface area contributed by atoms with Gasteiger partial charge in [-0.15, -0.1) is 0 Å². The lowest BCUT2D eigenvalue weighted by Gasteiger charge is -2.27. The van der Waals surface area contributed by atoms with Gasteiger partial charge in [0.2, 0.25) is 11.8 Å². The van der Waals surface area contributed by atoms with Gasteiger partial charge in [0, 0.05) is 0 Å². The van der Waals surface area contributed by atoms with Crippen molar-refractivity contribution in [1.29, 1.82) is 5.26 Å². The Labute approximate surface area is 164 Å². The highest BCUT2D eigenvalue weighted by molar-refractivity contribution is 5.58. The maximum atomic E-state index is 13.7. The third-order valence-corrected chi connectivity index (χ3v) is 4.81. The Bertz CT molecular complexity index is 1160. The molecule has 0 radical (unpaired) electrons. The van der Waals surface area contributed by atoms with Gasteiger partial charge >= 0.3 is 6.18 Å². The standard InChI is InChI=1S/C21H15F3N4O/c1-12-17-18(14-9-5-6-10-16(14)21(22,23)24)15(11-25)19(26)29-20(17)28(27-12)13-7-3-2-4-8-13/h2-10,18H,26H2,1H3. The van der Waals surface area contributed by atoms with Gasteiger partial charge in [-0.1, -0.05) is 36.4 Å². The Kier molecular flexibility index (Phi) is 4.31. The van der Waals surface area contributed by atoms with Crippen molar-refractivity contribution in [2.45, 2.75) is 19.0 Å². The largest absolute Gasteiger partial charge is 0.422 e. The van der Waals surface area contributed by atoms with E-state index in [1.165, 1.54) is 22.9 Å². The molecule has 8 heteroatoms. The molecule has 0 saturated carbocycles. The lowest BCUT2D eigenvalue weighted by atomic mass is 9.82. The number of hydrogen-bond donors (Lipinski definition) is 1. The zero-order chi connectivity index (χ0) is 20.8. The predicted octanol–water partition coefficient (Wildman–Crippen LogP) is 4.42. The van der Waals surface area contributed by atoms with Crippen molar-refractivity contribution in [3.8, 4) is 17.6 Å². The Hall–Kier alpha value is -3.73. The molecule has 0 aliphatic carbocycles. The first-order valence-electron chi connectivity index (χ1n) is 8.71. The summed E-state index contributed by atoms with van der Waals surface area (Å²) in [5.41, 5.74) is 6.48. The molecule has 0 saturated heterocycles. The van der Waals surface area contributed by atoms with E-state index in [1.807, 2.05) is 12.1 Å². The number of benzene rings is 2. The van der Waals surface area contributed by atoms with Crippen molar-refractivity contribution in [2.24, 2.45) is 5.73 Å². The van der Waals surface area contributed by atoms with Crippen LogP contribution in [0.3, 0.4) is 0 Å². The molecule has 0 spiro atoms. The molecule has 0 fully saturated rings. The van der Waals surface area contributed by atoms with Crippen molar-refractivity contribution in [3.05, 3.63) is 88.4 Å². The molecule has 0 amide bonds. The van der Waals surface area contributed by atoms with Crippen LogP contribution >= 0.6 is 0 Å². The lowest BCUT2D eigenvalue weighted by molar-refractivity contribution is -0.138. The number of ether oxygens (including phenoxy) is 1. The molecule has 3 aromatic rings. The summed E-state index contributed by atoms with van der Waals surface area (Å²) >= 11 is 0. The van der Waals surface area contributed by atoms with Gasteiger partial charge in [-0.2, -0.15) is 23.5 Å². The van der Waals surface area contributed by atoms with Gasteiger partial charge in [0.25, 0.3) is 0 Å². The topological polar surface area (TPSA) is 76.9 Å². The summed E-state index contributed by atoms with van der Waals surface area (Å²) < 4.78 is 48.2. The van der Waals surface area contributed by atoms with Gasteiger partial charge in [-0.05, 0) is 30.7 Å². The molecule has 1 atom stereocenters. The van der Waals surface area contributed by atoms with E-state index in [0.717, 1.165) is 6.07 Å². The van der Waals surface area contributed by atoms with Crippen molar-refractivity contribution >= 4 is 0 Å². The van der Waals surface area contributed by atoms with Crippen molar-refractivity contribution in [2.75, 3.05) is 0 Å². The highest BCUT2D eigenvalue weighted by Crippen LogP contribution is 2.47. The third kappa shape index (κ3) is 3.01. The Balaban J connectivity index is 2.01. The summed E-state index contributed by atoms with van der Waals surface area (Å²) in [4.78, 5) is 0. The first-order valence-corrected chi connectivity index (χ1v) is 8.71. The van der Waals surface area contributed by atoms with E-state index >= 15 is 0 Å². The molecule has 4 rings (SSSR count). The molecule has 2 heterocycles. The summed E-state index contributed by atoms with van der Waals surface area (Å²) in [5, 5.41) is 14.1. The summed E-state index contributed by atoms with van der Waals surface area (Å²) in [6.07, 6.45) is -4.59. The van der Waals surface area contributed by atoms with E-state index in [9.17, 15) is 18.4 Å². The van der Waals surface area contributed by atoms with Crippen molar-refractivity contribution < 1.29 is 17.9 Å². The van der Waals surface area contributed by atoms with Crippen LogP contribution in [-0.4, -0.2) is 9.78 Å². The van der Waals surface area contributed by atoms with Crippen LogP contribution in [0.4, 0.5) is 13.2 Å². The van der Waals surface area contributed by atoms with Crippen LogP contribution in [0.15, 0.2) is 66.1 Å². The number of alkyl halides is 3. The summed E-state index contributed by atoms with van der Waals surface area (Å²) in [6, 6.07) is 16.1. The van der Waals surface area contributed by atoms with E-state index in [0.29, 0.717) is 16.9 Å². The number of nitrogens with two attached hydrogens (primary N) is 1. The number of aryl methyl sites for hydroxylation is 1. The summed E-state index contributed by atoms with van der Waals surface area (Å²) in [6.45, 7) is 1.67. The number of para-hydroxylation sites is 1. The second kappa shape index (κ2) is 6.71. The van der Waals surface area contributed by atoms with Gasteiger partial charge in [-0.25, -0.2) is 4.68 Å². The first-order chi connectivity index (χ1) is 13.8. The molecule has 2 N–H and O–H groups in total. The number of hydrogen-bond acceptors (Lipinski definition) is 4. The number of fused-ring (bicyclic) bond motifs is 1. The summed E-state index contributed by atoms with van der Waals surface area (Å²) in [7, 11) is 0. The quantitative estimate of drug-likeness (QED) is 0.696. The van der Waals surface area contributed by atoms with Crippen LogP contribution < -0.4 is 10.5 Å². The number of aromatic nitrogens is 2. The maximum absolute atomic E-state index is 13.7. The minimum absolute atomic E-state index is 0.0697. The smallest absolute Gasteiger partial charge is 0.416 e. The van der Waals surface area contributed by atoms with Gasteiger partial charge < -0.3 is 10.5 Å². The Morgan fingerprint density at radius 3 is 2.41 bits per heavy atom. The van der Waals surface area contributed by atoms with E-state index < -0.39 is 17.7 Å². The molecule has 146 valence electrons. The molecule has 1 aliphatic rings. The van der Waals surface area contributed by atoms with E-state index in [1.54, 1.807) is 31.2 Å². The molecule has 29 heavy (non-hydrogen) atoms. The number of halogens is 3. The van der Waals surface area contributed by atoms with Gasteiger partial charge in [0.15, 0.2) is 0 Å². The highest BCUT2D eigenvalue weighted by Gasteiger charge is 2.41. The molecular formula is C21H15F3N4O. The lowest BCUT2D eigenvalue weighted by Crippen LogP contribution is -2.24. The minimum atomic E-state index is -4.59. The monoisotopic (exact) mass is 396 g/mol. The van der Waals surface area contributed by atoms with Crippen LogP contribution in [-0.2, 0) is 6.18 Å². The third-order valence-electron chi connectivity index (χ3n) is 4.81. The zero-order valence-corrected chi connectivity index (χ0v) is 15.2. The molecule has 1 aromatic heterocycles. The van der Waals surface area contributed by atoms with Crippen LogP contribution in [0.2, 0.25) is 0 Å². The van der Waals surface area contributed by atoms with Crippen LogP contribution in [0, 0.1) is 18.3 Å². The van der Waals surface area contributed by atoms with Crippen molar-refractivity contribution in [1.82, 2.24) is 9.78 Å². The predicted molar refractivity (Wildman–Crippen MR) is 99.0 cm³/mol. The fourth-order valence-corrected chi connectivity index (χ4v) is 3.58. The molecular weight excluding hydrogens is 381 g/mol. The van der Waals surface area contributed by atoms with E-state index in [-0.39, 0.29) is 22.9 Å². The normalized spacial score (nSPS) is 16.2. The Morgan fingerprint density at radius 2 is 1.76 bits per heavy atom. The van der Waals surface area contributed by atoms with E-state index in [4.69, 9.17) is 10.5 Å². The zero-order valence-electron chi connectivity index (χ0n) is 15.2. The van der Waals surface area contributed by atoms with Crippen LogP contribution in [0.25, 0.3) is 5.69 Å². The first kappa shape index (κ1) is 18.6. The van der Waals surface area contributed by atoms with Crippen molar-refractivity contribution in [3.63, 3.8) is 0 Å². The summed E-state index contributed by atoms with van der Waals surface area (Å²) in [5.74, 6) is -1.08. The second-order valence-corrected chi connectivity index (χ2v) is 6.56. The van der Waals surface area contributed by atoms with Crippen LogP contribution in [0.1, 0.15) is 28.3 Å². The maximum Gasteiger partial charge on any atom is 0.416 e. The average Bonchev–Trinajstić information content (AvgIpc) is 3.03. The second-order valence-electron chi connectivity index (χ2n) is 6.56. The van der Waals surface area contributed by atoms with E-state index in [2.05, 4.69) is 5.10 Å². The molecule has 1 unspecified atom stereocenters. The number of rotatable bonds is 2. The van der Waals surface area contributed by atoms with Gasteiger partial charge in [-0.3, -0.25) is 0 Å². The highest BCUT2D eigenvalue weighted by atomic mass is 19.4. The number of nitriles is 1. The fourth-order valence-electron chi connectivity index (χ4n) is 3.58. The van der Waals surface area contributed by atoms with Crippen LogP contribution in [0.5, 0.6) is 5.88 Å². The average molecular weight is 396 g/mol. The minimum Gasteiger partial charge on any atom is -0.422 e. The molecule has 0 bridgehead atoms. The number of allylic oxidation sites excluding steroid dienone is 1. The SMILES string of the molecule is Cc1nn(-c2ccccc2)c2c1C(c1ccccc1C(F)(F)F)C(C#N)=C(N)O2.